The maximum absolute atomic E-state index is 13.1. The second-order valence-corrected chi connectivity index (χ2v) is 9.10. The van der Waals surface area contributed by atoms with Gasteiger partial charge in [-0.15, -0.1) is 11.3 Å². The molecule has 7 nitrogen and oxygen atoms in total. The highest BCUT2D eigenvalue weighted by atomic mass is 35.5. The smallest absolute Gasteiger partial charge is 0.266 e. The number of nitrogens with zero attached hydrogens (tertiary/aromatic N) is 2. The molecule has 4 aromatic rings. The third-order valence-corrected chi connectivity index (χ3v) is 6.89. The van der Waals surface area contributed by atoms with Crippen LogP contribution in [0, 0.1) is 20.8 Å². The Balaban J connectivity index is 1.58. The van der Waals surface area contributed by atoms with Crippen LogP contribution in [0.15, 0.2) is 53.6 Å². The summed E-state index contributed by atoms with van der Waals surface area (Å²) in [6.45, 7) is 5.27. The Morgan fingerprint density at radius 2 is 1.82 bits per heavy atom. The lowest BCUT2D eigenvalue weighted by molar-refractivity contribution is -0.116. The van der Waals surface area contributed by atoms with E-state index in [2.05, 4.69) is 15.6 Å². The van der Waals surface area contributed by atoms with E-state index in [-0.39, 0.29) is 23.9 Å². The van der Waals surface area contributed by atoms with E-state index in [0.29, 0.717) is 37.1 Å². The lowest BCUT2D eigenvalue weighted by Gasteiger charge is -2.08. The molecule has 2 amide bonds. The minimum Gasteiger partial charge on any atom is -0.324 e. The molecule has 0 saturated carbocycles. The fraction of sp³-hybridized carbons (Fsp3) is 0.167. The number of hydrogen-bond acceptors (Lipinski definition) is 5. The molecule has 2 aromatic heterocycles. The van der Waals surface area contributed by atoms with Crippen LogP contribution in [0.5, 0.6) is 0 Å². The van der Waals surface area contributed by atoms with Crippen molar-refractivity contribution in [2.24, 2.45) is 0 Å². The Bertz CT molecular complexity index is 1460. The molecule has 0 radical (unpaired) electrons. The summed E-state index contributed by atoms with van der Waals surface area (Å²) < 4.78 is 1.23. The molecule has 0 spiro atoms. The fourth-order valence-corrected chi connectivity index (χ4v) is 4.62. The summed E-state index contributed by atoms with van der Waals surface area (Å²) in [5.41, 5.74) is 3.25. The van der Waals surface area contributed by atoms with Crippen molar-refractivity contribution in [1.82, 2.24) is 9.55 Å². The average molecular weight is 481 g/mol. The first-order valence-corrected chi connectivity index (χ1v) is 11.4. The number of carbonyl (C=O) groups excluding carboxylic acids is 2. The number of hydrogen-bond donors (Lipinski definition) is 2. The summed E-state index contributed by atoms with van der Waals surface area (Å²) in [7, 11) is 0. The standard InChI is InChI=1S/C24H21ClN4O3S/c1-13-8-9-16(10-17(13)25)27-19(30)11-29-12-26-23-20(24(29)32)15(3)21(33-23)22(31)28-18-7-5-4-6-14(18)2/h4-10,12H,11H2,1-3H3,(H,27,30)(H,28,31). The zero-order valence-electron chi connectivity index (χ0n) is 18.2. The number of rotatable bonds is 5. The molecule has 2 heterocycles. The highest BCUT2D eigenvalue weighted by Gasteiger charge is 2.20. The van der Waals surface area contributed by atoms with Gasteiger partial charge < -0.3 is 10.6 Å². The summed E-state index contributed by atoms with van der Waals surface area (Å²) >= 11 is 7.26. The Hall–Kier alpha value is -3.49. The van der Waals surface area contributed by atoms with Gasteiger partial charge in [0, 0.05) is 16.4 Å². The molecule has 2 N–H and O–H groups in total. The highest BCUT2D eigenvalue weighted by molar-refractivity contribution is 7.20. The van der Waals surface area contributed by atoms with Gasteiger partial charge in [-0.2, -0.15) is 0 Å². The number of anilines is 2. The van der Waals surface area contributed by atoms with Crippen LogP contribution >= 0.6 is 22.9 Å². The molecule has 2 aromatic carbocycles. The van der Waals surface area contributed by atoms with E-state index in [1.165, 1.54) is 10.9 Å². The van der Waals surface area contributed by atoms with Crippen LogP contribution in [-0.2, 0) is 11.3 Å². The number of nitrogens with one attached hydrogen (secondary N) is 2. The van der Waals surface area contributed by atoms with E-state index in [0.717, 1.165) is 22.5 Å². The minimum absolute atomic E-state index is 0.215. The van der Waals surface area contributed by atoms with Gasteiger partial charge in [0.25, 0.3) is 11.5 Å². The number of fused-ring (bicyclic) bond motifs is 1. The Morgan fingerprint density at radius 3 is 2.55 bits per heavy atom. The predicted molar refractivity (Wildman–Crippen MR) is 133 cm³/mol. The molecule has 4 rings (SSSR count). The van der Waals surface area contributed by atoms with E-state index < -0.39 is 0 Å². The number of carbonyl (C=O) groups is 2. The SMILES string of the molecule is Cc1ccc(NC(=O)Cn2cnc3sc(C(=O)Nc4ccccc4C)c(C)c3c2=O)cc1Cl. The highest BCUT2D eigenvalue weighted by Crippen LogP contribution is 2.28. The first kappa shape index (κ1) is 22.7. The van der Waals surface area contributed by atoms with Gasteiger partial charge in [0.05, 0.1) is 16.6 Å². The maximum atomic E-state index is 13.1. The number of amides is 2. The third-order valence-electron chi connectivity index (χ3n) is 5.29. The molecule has 0 saturated heterocycles. The van der Waals surface area contributed by atoms with Gasteiger partial charge in [0.1, 0.15) is 11.4 Å². The molecule has 0 aliphatic carbocycles. The van der Waals surface area contributed by atoms with Crippen molar-refractivity contribution in [1.29, 1.82) is 0 Å². The molecular weight excluding hydrogens is 460 g/mol. The summed E-state index contributed by atoms with van der Waals surface area (Å²) in [6, 6.07) is 12.7. The van der Waals surface area contributed by atoms with Crippen LogP contribution in [-0.4, -0.2) is 21.4 Å². The van der Waals surface area contributed by atoms with Crippen LogP contribution in [0.4, 0.5) is 11.4 Å². The van der Waals surface area contributed by atoms with Crippen molar-refractivity contribution in [3.8, 4) is 0 Å². The number of aryl methyl sites for hydroxylation is 3. The monoisotopic (exact) mass is 480 g/mol. The zero-order valence-corrected chi connectivity index (χ0v) is 19.8. The van der Waals surface area contributed by atoms with Crippen molar-refractivity contribution >= 4 is 56.3 Å². The van der Waals surface area contributed by atoms with Crippen LogP contribution in [0.3, 0.4) is 0 Å². The Kier molecular flexibility index (Phi) is 6.31. The normalized spacial score (nSPS) is 10.9. The maximum Gasteiger partial charge on any atom is 0.266 e. The molecule has 0 bridgehead atoms. The summed E-state index contributed by atoms with van der Waals surface area (Å²) in [5.74, 6) is -0.687. The van der Waals surface area contributed by atoms with Crippen molar-refractivity contribution in [3.63, 3.8) is 0 Å². The van der Waals surface area contributed by atoms with Crippen LogP contribution in [0.25, 0.3) is 10.2 Å². The summed E-state index contributed by atoms with van der Waals surface area (Å²) in [5, 5.41) is 6.50. The number of halogens is 1. The van der Waals surface area contributed by atoms with Crippen LogP contribution in [0.2, 0.25) is 5.02 Å². The van der Waals surface area contributed by atoms with Crippen molar-refractivity contribution < 1.29 is 9.59 Å². The van der Waals surface area contributed by atoms with Crippen LogP contribution < -0.4 is 16.2 Å². The molecule has 0 unspecified atom stereocenters. The number of benzene rings is 2. The molecule has 0 atom stereocenters. The summed E-state index contributed by atoms with van der Waals surface area (Å²) in [4.78, 5) is 43.6. The average Bonchev–Trinajstić information content (AvgIpc) is 3.11. The minimum atomic E-state index is -0.386. The molecule has 9 heteroatoms. The van der Waals surface area contributed by atoms with Gasteiger partial charge in [0.2, 0.25) is 5.91 Å². The van der Waals surface area contributed by atoms with Gasteiger partial charge in [-0.3, -0.25) is 19.0 Å². The first-order chi connectivity index (χ1) is 15.7. The van der Waals surface area contributed by atoms with Gasteiger partial charge in [0.15, 0.2) is 0 Å². The molecule has 33 heavy (non-hydrogen) atoms. The molecule has 0 aliphatic heterocycles. The van der Waals surface area contributed by atoms with E-state index in [1.54, 1.807) is 25.1 Å². The number of thiophene rings is 1. The molecule has 0 fully saturated rings. The van der Waals surface area contributed by atoms with E-state index in [4.69, 9.17) is 11.6 Å². The van der Waals surface area contributed by atoms with Crippen molar-refractivity contribution in [2.75, 3.05) is 10.6 Å². The number of aromatic nitrogens is 2. The van der Waals surface area contributed by atoms with E-state index in [9.17, 15) is 14.4 Å². The number of para-hydroxylation sites is 1. The lowest BCUT2D eigenvalue weighted by Crippen LogP contribution is -2.28. The zero-order chi connectivity index (χ0) is 23.7. The first-order valence-electron chi connectivity index (χ1n) is 10.2. The van der Waals surface area contributed by atoms with Gasteiger partial charge in [-0.1, -0.05) is 35.9 Å². The quantitative estimate of drug-likeness (QED) is 0.423. The predicted octanol–water partition coefficient (Wildman–Crippen LogP) is 4.93. The topological polar surface area (TPSA) is 93.1 Å². The van der Waals surface area contributed by atoms with E-state index >= 15 is 0 Å². The lowest BCUT2D eigenvalue weighted by atomic mass is 10.2. The Labute approximate surface area is 199 Å². The largest absolute Gasteiger partial charge is 0.324 e. The van der Waals surface area contributed by atoms with Crippen molar-refractivity contribution in [2.45, 2.75) is 27.3 Å². The molecule has 0 aliphatic rings. The summed E-state index contributed by atoms with van der Waals surface area (Å²) in [6.07, 6.45) is 1.32. The van der Waals surface area contributed by atoms with E-state index in [1.807, 2.05) is 38.1 Å². The van der Waals surface area contributed by atoms with Crippen molar-refractivity contribution in [3.05, 3.63) is 85.7 Å². The van der Waals surface area contributed by atoms with Gasteiger partial charge in [-0.05, 0) is 55.7 Å². The fourth-order valence-electron chi connectivity index (χ4n) is 3.41. The second kappa shape index (κ2) is 9.17. The van der Waals surface area contributed by atoms with Crippen LogP contribution in [0.1, 0.15) is 26.4 Å². The molecule has 168 valence electrons. The second-order valence-electron chi connectivity index (χ2n) is 7.70. The molecular formula is C24H21ClN4O3S. The van der Waals surface area contributed by atoms with Gasteiger partial charge >= 0.3 is 0 Å². The Morgan fingerprint density at radius 1 is 1.06 bits per heavy atom. The third kappa shape index (κ3) is 4.67. The van der Waals surface area contributed by atoms with Gasteiger partial charge in [-0.25, -0.2) is 4.98 Å².